The van der Waals surface area contributed by atoms with Gasteiger partial charge in [0.2, 0.25) is 5.89 Å². The van der Waals surface area contributed by atoms with Crippen molar-refractivity contribution in [2.75, 3.05) is 5.32 Å². The fraction of sp³-hybridized carbons (Fsp3) is 0. The van der Waals surface area contributed by atoms with Crippen molar-refractivity contribution in [2.24, 2.45) is 0 Å². The van der Waals surface area contributed by atoms with Crippen molar-refractivity contribution in [1.29, 1.82) is 0 Å². The Hall–Kier alpha value is -2.63. The molecule has 0 spiro atoms. The third-order valence-corrected chi connectivity index (χ3v) is 4.55. The van der Waals surface area contributed by atoms with Gasteiger partial charge in [-0.05, 0) is 60.7 Å². The zero-order chi connectivity index (χ0) is 18.1. The molecule has 0 unspecified atom stereocenters. The molecule has 1 N–H and O–H groups in total. The summed E-state index contributed by atoms with van der Waals surface area (Å²) in [4.78, 5) is 16.7. The maximum absolute atomic E-state index is 12.3. The number of fused-ring (bicyclic) bond motifs is 1. The highest BCUT2D eigenvalue weighted by molar-refractivity contribution is 9.10. The van der Waals surface area contributed by atoms with Crippen LogP contribution in [-0.2, 0) is 0 Å². The predicted molar refractivity (Wildman–Crippen MR) is 107 cm³/mol. The van der Waals surface area contributed by atoms with Crippen molar-refractivity contribution in [3.8, 4) is 11.5 Å². The Labute approximate surface area is 162 Å². The summed E-state index contributed by atoms with van der Waals surface area (Å²) in [5, 5.41) is 3.48. The van der Waals surface area contributed by atoms with Gasteiger partial charge in [0.05, 0.1) is 0 Å². The van der Waals surface area contributed by atoms with Crippen molar-refractivity contribution < 1.29 is 9.21 Å². The van der Waals surface area contributed by atoms with Crippen LogP contribution >= 0.6 is 27.5 Å². The molecule has 0 radical (unpaired) electrons. The van der Waals surface area contributed by atoms with E-state index < -0.39 is 0 Å². The van der Waals surface area contributed by atoms with Crippen LogP contribution < -0.4 is 5.32 Å². The lowest BCUT2D eigenvalue weighted by molar-refractivity contribution is 0.102. The molecule has 1 aromatic heterocycles. The molecule has 0 aliphatic rings. The summed E-state index contributed by atoms with van der Waals surface area (Å²) in [6, 6.07) is 19.9. The predicted octanol–water partition coefficient (Wildman–Crippen LogP) is 6.16. The molecular formula is C20H12BrClN2O2. The Morgan fingerprint density at radius 1 is 1.04 bits per heavy atom. The van der Waals surface area contributed by atoms with Crippen molar-refractivity contribution in [2.45, 2.75) is 0 Å². The molecule has 0 saturated heterocycles. The number of oxazole rings is 1. The number of anilines is 1. The van der Waals surface area contributed by atoms with Crippen LogP contribution in [0.25, 0.3) is 22.6 Å². The third kappa shape index (κ3) is 3.49. The number of halogens is 2. The van der Waals surface area contributed by atoms with Gasteiger partial charge in [0, 0.05) is 26.3 Å². The second-order valence-electron chi connectivity index (χ2n) is 5.67. The van der Waals surface area contributed by atoms with Gasteiger partial charge >= 0.3 is 0 Å². The minimum Gasteiger partial charge on any atom is -0.436 e. The van der Waals surface area contributed by atoms with Crippen molar-refractivity contribution in [3.63, 3.8) is 0 Å². The first kappa shape index (κ1) is 16.8. The average Bonchev–Trinajstić information content (AvgIpc) is 3.05. The van der Waals surface area contributed by atoms with E-state index in [1.54, 1.807) is 30.3 Å². The topological polar surface area (TPSA) is 55.1 Å². The van der Waals surface area contributed by atoms with E-state index in [0.717, 1.165) is 10.0 Å². The summed E-state index contributed by atoms with van der Waals surface area (Å²) in [6.07, 6.45) is 0. The van der Waals surface area contributed by atoms with E-state index in [1.165, 1.54) is 0 Å². The molecule has 128 valence electrons. The van der Waals surface area contributed by atoms with Crippen LogP contribution in [0.4, 0.5) is 5.69 Å². The number of nitrogens with one attached hydrogen (secondary N) is 1. The highest BCUT2D eigenvalue weighted by atomic mass is 79.9. The van der Waals surface area contributed by atoms with E-state index in [-0.39, 0.29) is 5.91 Å². The Kier molecular flexibility index (Phi) is 4.49. The maximum atomic E-state index is 12.3. The van der Waals surface area contributed by atoms with E-state index in [1.807, 2.05) is 36.4 Å². The largest absolute Gasteiger partial charge is 0.436 e. The molecule has 0 fully saturated rings. The minimum atomic E-state index is -0.171. The minimum absolute atomic E-state index is 0.171. The molecule has 0 bridgehead atoms. The second kappa shape index (κ2) is 6.94. The van der Waals surface area contributed by atoms with Gasteiger partial charge in [-0.2, -0.15) is 0 Å². The molecule has 0 aliphatic heterocycles. The summed E-state index contributed by atoms with van der Waals surface area (Å²) in [6.45, 7) is 0. The van der Waals surface area contributed by atoms with Gasteiger partial charge in [0.1, 0.15) is 5.52 Å². The fourth-order valence-corrected chi connectivity index (χ4v) is 3.12. The van der Waals surface area contributed by atoms with Crippen molar-refractivity contribution >= 4 is 50.2 Å². The highest BCUT2D eigenvalue weighted by Gasteiger charge is 2.10. The van der Waals surface area contributed by atoms with Crippen LogP contribution in [-0.4, -0.2) is 10.9 Å². The van der Waals surface area contributed by atoms with Gasteiger partial charge in [-0.15, -0.1) is 0 Å². The van der Waals surface area contributed by atoms with E-state index >= 15 is 0 Å². The Bertz CT molecular complexity index is 1110. The Balaban J connectivity index is 1.55. The molecule has 4 aromatic rings. The lowest BCUT2D eigenvalue weighted by Crippen LogP contribution is -2.11. The number of rotatable bonds is 3. The normalized spacial score (nSPS) is 10.8. The smallest absolute Gasteiger partial charge is 0.255 e. The number of hydrogen-bond donors (Lipinski definition) is 1. The lowest BCUT2D eigenvalue weighted by atomic mass is 10.2. The first-order chi connectivity index (χ1) is 12.6. The number of hydrogen-bond acceptors (Lipinski definition) is 3. The molecule has 3 aromatic carbocycles. The highest BCUT2D eigenvalue weighted by Crippen LogP contribution is 2.27. The molecule has 26 heavy (non-hydrogen) atoms. The SMILES string of the molecule is O=C(Nc1ccc(-c2nc3cc(Cl)ccc3o2)cc1)c1cccc(Br)c1. The average molecular weight is 428 g/mol. The first-order valence-electron chi connectivity index (χ1n) is 7.82. The molecule has 1 heterocycles. The molecular weight excluding hydrogens is 416 g/mol. The third-order valence-electron chi connectivity index (χ3n) is 3.83. The summed E-state index contributed by atoms with van der Waals surface area (Å²) in [5.74, 6) is 0.336. The van der Waals surface area contributed by atoms with Crippen LogP contribution in [0.5, 0.6) is 0 Å². The van der Waals surface area contributed by atoms with Gasteiger partial charge in [-0.25, -0.2) is 4.98 Å². The Morgan fingerprint density at radius 2 is 1.85 bits per heavy atom. The second-order valence-corrected chi connectivity index (χ2v) is 7.02. The molecule has 4 nitrogen and oxygen atoms in total. The van der Waals surface area contributed by atoms with E-state index in [2.05, 4.69) is 26.2 Å². The number of aromatic nitrogens is 1. The molecule has 1 amide bonds. The Morgan fingerprint density at radius 3 is 2.62 bits per heavy atom. The van der Waals surface area contributed by atoms with Gasteiger partial charge in [0.15, 0.2) is 5.58 Å². The standard InChI is InChI=1S/C20H12BrClN2O2/c21-14-3-1-2-13(10-14)19(25)23-16-7-4-12(5-8-16)20-24-17-11-15(22)6-9-18(17)26-20/h1-11H,(H,23,25). The number of amides is 1. The van der Waals surface area contributed by atoms with Gasteiger partial charge in [0.25, 0.3) is 5.91 Å². The molecule has 4 rings (SSSR count). The zero-order valence-electron chi connectivity index (χ0n) is 13.4. The van der Waals surface area contributed by atoms with Crippen LogP contribution in [0, 0.1) is 0 Å². The van der Waals surface area contributed by atoms with E-state index in [9.17, 15) is 4.79 Å². The lowest BCUT2D eigenvalue weighted by Gasteiger charge is -2.06. The summed E-state index contributed by atoms with van der Waals surface area (Å²) < 4.78 is 6.61. The first-order valence-corrected chi connectivity index (χ1v) is 8.99. The number of benzene rings is 3. The summed E-state index contributed by atoms with van der Waals surface area (Å²) in [7, 11) is 0. The van der Waals surface area contributed by atoms with Crippen LogP contribution in [0.3, 0.4) is 0 Å². The van der Waals surface area contributed by atoms with Crippen molar-refractivity contribution in [3.05, 3.63) is 81.8 Å². The molecule has 0 atom stereocenters. The van der Waals surface area contributed by atoms with Gasteiger partial charge < -0.3 is 9.73 Å². The fourth-order valence-electron chi connectivity index (χ4n) is 2.55. The monoisotopic (exact) mass is 426 g/mol. The molecule has 0 saturated carbocycles. The number of nitrogens with zero attached hydrogens (tertiary/aromatic N) is 1. The quantitative estimate of drug-likeness (QED) is 0.426. The van der Waals surface area contributed by atoms with Crippen molar-refractivity contribution in [1.82, 2.24) is 4.98 Å². The van der Waals surface area contributed by atoms with E-state index in [0.29, 0.717) is 33.3 Å². The summed E-state index contributed by atoms with van der Waals surface area (Å²) >= 11 is 9.34. The van der Waals surface area contributed by atoms with Crippen LogP contribution in [0.1, 0.15) is 10.4 Å². The molecule has 0 aliphatic carbocycles. The van der Waals surface area contributed by atoms with Gasteiger partial charge in [-0.3, -0.25) is 4.79 Å². The number of carbonyl (C=O) groups excluding carboxylic acids is 1. The number of carbonyl (C=O) groups is 1. The zero-order valence-corrected chi connectivity index (χ0v) is 15.7. The van der Waals surface area contributed by atoms with Crippen LogP contribution in [0.2, 0.25) is 5.02 Å². The van der Waals surface area contributed by atoms with Gasteiger partial charge in [-0.1, -0.05) is 33.6 Å². The summed E-state index contributed by atoms with van der Waals surface area (Å²) in [5.41, 5.74) is 3.48. The van der Waals surface area contributed by atoms with Crippen LogP contribution in [0.15, 0.2) is 75.6 Å². The molecule has 6 heteroatoms. The maximum Gasteiger partial charge on any atom is 0.255 e. The van der Waals surface area contributed by atoms with E-state index in [4.69, 9.17) is 16.0 Å².